The summed E-state index contributed by atoms with van der Waals surface area (Å²) in [6.45, 7) is 0. The van der Waals surface area contributed by atoms with Crippen molar-refractivity contribution in [3.8, 4) is 10.6 Å². The van der Waals surface area contributed by atoms with E-state index in [9.17, 15) is 4.79 Å². The van der Waals surface area contributed by atoms with Gasteiger partial charge in [-0.15, -0.1) is 11.3 Å². The van der Waals surface area contributed by atoms with E-state index >= 15 is 0 Å². The zero-order chi connectivity index (χ0) is 14.9. The molecule has 2 aromatic rings. The third kappa shape index (κ3) is 2.64. The molecule has 0 spiro atoms. The number of thiophene rings is 1. The molecule has 0 radical (unpaired) electrons. The van der Waals surface area contributed by atoms with Gasteiger partial charge in [-0.1, -0.05) is 35.5 Å². The first-order valence-electron chi connectivity index (χ1n) is 7.46. The van der Waals surface area contributed by atoms with E-state index in [-0.39, 0.29) is 11.9 Å². The fourth-order valence-electron chi connectivity index (χ4n) is 2.93. The first-order chi connectivity index (χ1) is 10.8. The van der Waals surface area contributed by atoms with Crippen LogP contribution >= 0.6 is 11.3 Å². The highest BCUT2D eigenvalue weighted by molar-refractivity contribution is 7.13. The second-order valence-electron chi connectivity index (χ2n) is 5.75. The van der Waals surface area contributed by atoms with E-state index < -0.39 is 0 Å². The summed E-state index contributed by atoms with van der Waals surface area (Å²) >= 11 is 1.57. The van der Waals surface area contributed by atoms with Crippen molar-refractivity contribution in [1.82, 2.24) is 10.5 Å². The number of nitrogens with one attached hydrogen (secondary N) is 1. The van der Waals surface area contributed by atoms with Crippen LogP contribution in [0.1, 0.15) is 23.3 Å². The Morgan fingerprint density at radius 1 is 1.41 bits per heavy atom. The smallest absolute Gasteiger partial charge is 0.273 e. The number of hydrogen-bond acceptors (Lipinski definition) is 4. The second kappa shape index (κ2) is 5.57. The molecule has 2 aliphatic rings. The molecule has 1 amide bonds. The van der Waals surface area contributed by atoms with Gasteiger partial charge in [-0.25, -0.2) is 0 Å². The van der Waals surface area contributed by atoms with Gasteiger partial charge < -0.3 is 9.84 Å². The van der Waals surface area contributed by atoms with Crippen molar-refractivity contribution in [3.63, 3.8) is 0 Å². The van der Waals surface area contributed by atoms with Gasteiger partial charge in [-0.3, -0.25) is 4.79 Å². The van der Waals surface area contributed by atoms with E-state index in [4.69, 9.17) is 4.52 Å². The van der Waals surface area contributed by atoms with Crippen LogP contribution in [-0.2, 0) is 0 Å². The third-order valence-electron chi connectivity index (χ3n) is 4.23. The van der Waals surface area contributed by atoms with Crippen molar-refractivity contribution in [2.75, 3.05) is 0 Å². The summed E-state index contributed by atoms with van der Waals surface area (Å²) in [4.78, 5) is 13.2. The van der Waals surface area contributed by atoms with Crippen molar-refractivity contribution in [1.29, 1.82) is 0 Å². The van der Waals surface area contributed by atoms with Crippen LogP contribution in [0, 0.1) is 11.8 Å². The molecule has 2 heterocycles. The molecule has 2 aromatic heterocycles. The summed E-state index contributed by atoms with van der Waals surface area (Å²) < 4.78 is 5.25. The molecule has 22 heavy (non-hydrogen) atoms. The quantitative estimate of drug-likeness (QED) is 0.937. The van der Waals surface area contributed by atoms with Gasteiger partial charge in [-0.05, 0) is 36.1 Å². The molecule has 1 N–H and O–H groups in total. The molecule has 1 saturated carbocycles. The molecular formula is C17H16N2O2S. The van der Waals surface area contributed by atoms with E-state index in [0.29, 0.717) is 23.3 Å². The molecular weight excluding hydrogens is 296 g/mol. The predicted molar refractivity (Wildman–Crippen MR) is 85.6 cm³/mol. The number of allylic oxidation sites excluding steroid dienone is 4. The van der Waals surface area contributed by atoms with Crippen LogP contribution in [0.2, 0.25) is 0 Å². The normalized spacial score (nSPS) is 26.1. The standard InChI is InChI=1S/C17H16N2O2S/c20-17(14-10-15(21-19-14)16-7-4-8-22-16)18-13-9-12(13)11-5-2-1-3-6-11/h1-5,7-8,10-13H,6,9H2,(H,18,20)/t11?,12-,13?/m1/s1. The minimum absolute atomic E-state index is 0.144. The fraction of sp³-hybridized carbons (Fsp3) is 0.294. The molecule has 0 saturated heterocycles. The first-order valence-corrected chi connectivity index (χ1v) is 8.34. The lowest BCUT2D eigenvalue weighted by Gasteiger charge is -2.12. The largest absolute Gasteiger partial charge is 0.355 e. The maximum atomic E-state index is 12.2. The number of hydrogen-bond donors (Lipinski definition) is 1. The molecule has 4 rings (SSSR count). The summed E-state index contributed by atoms with van der Waals surface area (Å²) in [5.41, 5.74) is 0.355. The molecule has 5 heteroatoms. The Morgan fingerprint density at radius 3 is 3.14 bits per heavy atom. The highest BCUT2D eigenvalue weighted by Crippen LogP contribution is 2.41. The van der Waals surface area contributed by atoms with Crippen LogP contribution in [0.3, 0.4) is 0 Å². The Bertz CT molecular complexity index is 730. The van der Waals surface area contributed by atoms with Gasteiger partial charge in [0.1, 0.15) is 0 Å². The predicted octanol–water partition coefficient (Wildman–Crippen LogP) is 3.65. The Kier molecular flexibility index (Phi) is 3.42. The van der Waals surface area contributed by atoms with Crippen LogP contribution in [0.5, 0.6) is 0 Å². The van der Waals surface area contributed by atoms with E-state index in [1.807, 2.05) is 17.5 Å². The molecule has 0 bridgehead atoms. The topological polar surface area (TPSA) is 55.1 Å². The van der Waals surface area contributed by atoms with Gasteiger partial charge >= 0.3 is 0 Å². The van der Waals surface area contributed by atoms with Gasteiger partial charge in [0.2, 0.25) is 0 Å². The van der Waals surface area contributed by atoms with Crippen molar-refractivity contribution in [3.05, 3.63) is 53.6 Å². The number of amides is 1. The number of carbonyl (C=O) groups excluding carboxylic acids is 1. The Hall–Kier alpha value is -2.14. The Balaban J connectivity index is 1.37. The van der Waals surface area contributed by atoms with Crippen LogP contribution < -0.4 is 5.32 Å². The third-order valence-corrected chi connectivity index (χ3v) is 5.11. The lowest BCUT2D eigenvalue weighted by atomic mass is 9.95. The number of rotatable bonds is 4. The summed E-state index contributed by atoms with van der Waals surface area (Å²) in [6, 6.07) is 5.87. The van der Waals surface area contributed by atoms with E-state index in [0.717, 1.165) is 17.7 Å². The fourth-order valence-corrected chi connectivity index (χ4v) is 3.60. The highest BCUT2D eigenvalue weighted by atomic mass is 32.1. The molecule has 0 aliphatic heterocycles. The average Bonchev–Trinajstić information content (AvgIpc) is 2.99. The van der Waals surface area contributed by atoms with Crippen LogP contribution in [0.15, 0.2) is 52.4 Å². The van der Waals surface area contributed by atoms with Crippen molar-refractivity contribution >= 4 is 17.2 Å². The van der Waals surface area contributed by atoms with Crippen LogP contribution in [0.4, 0.5) is 0 Å². The zero-order valence-electron chi connectivity index (χ0n) is 11.9. The minimum atomic E-state index is -0.144. The van der Waals surface area contributed by atoms with Crippen molar-refractivity contribution < 1.29 is 9.32 Å². The van der Waals surface area contributed by atoms with Gasteiger partial charge in [0, 0.05) is 12.1 Å². The van der Waals surface area contributed by atoms with E-state index in [1.54, 1.807) is 17.4 Å². The lowest BCUT2D eigenvalue weighted by molar-refractivity contribution is 0.0939. The molecule has 2 unspecified atom stereocenters. The zero-order valence-corrected chi connectivity index (χ0v) is 12.8. The summed E-state index contributed by atoms with van der Waals surface area (Å²) in [5.74, 6) is 1.60. The van der Waals surface area contributed by atoms with Gasteiger partial charge in [0.05, 0.1) is 4.88 Å². The molecule has 1 fully saturated rings. The summed E-state index contributed by atoms with van der Waals surface area (Å²) in [7, 11) is 0. The Labute approximate surface area is 132 Å². The molecule has 0 aromatic carbocycles. The summed E-state index contributed by atoms with van der Waals surface area (Å²) in [6.07, 6.45) is 10.7. The van der Waals surface area contributed by atoms with Gasteiger partial charge in [0.25, 0.3) is 5.91 Å². The average molecular weight is 312 g/mol. The van der Waals surface area contributed by atoms with Crippen molar-refractivity contribution in [2.45, 2.75) is 18.9 Å². The Morgan fingerprint density at radius 2 is 2.36 bits per heavy atom. The van der Waals surface area contributed by atoms with Gasteiger partial charge in [0.15, 0.2) is 11.5 Å². The van der Waals surface area contributed by atoms with Crippen molar-refractivity contribution in [2.24, 2.45) is 11.8 Å². The van der Waals surface area contributed by atoms with Crippen LogP contribution in [0.25, 0.3) is 10.6 Å². The SMILES string of the molecule is O=C(NC1C[C@@H]1C1C=CC=CC1)c1cc(-c2cccs2)on1. The lowest BCUT2D eigenvalue weighted by Crippen LogP contribution is -2.28. The molecule has 4 nitrogen and oxygen atoms in total. The van der Waals surface area contributed by atoms with Gasteiger partial charge in [-0.2, -0.15) is 0 Å². The first kappa shape index (κ1) is 13.5. The molecule has 3 atom stereocenters. The monoisotopic (exact) mass is 312 g/mol. The number of nitrogens with zero attached hydrogens (tertiary/aromatic N) is 1. The number of carbonyl (C=O) groups is 1. The number of aromatic nitrogens is 1. The molecule has 2 aliphatic carbocycles. The summed E-state index contributed by atoms with van der Waals surface area (Å²) in [5, 5.41) is 8.92. The van der Waals surface area contributed by atoms with E-state index in [2.05, 4.69) is 34.8 Å². The maximum absolute atomic E-state index is 12.2. The minimum Gasteiger partial charge on any atom is -0.355 e. The highest BCUT2D eigenvalue weighted by Gasteiger charge is 2.43. The maximum Gasteiger partial charge on any atom is 0.273 e. The van der Waals surface area contributed by atoms with E-state index in [1.165, 1.54) is 0 Å². The second-order valence-corrected chi connectivity index (χ2v) is 6.69. The van der Waals surface area contributed by atoms with Crippen LogP contribution in [-0.4, -0.2) is 17.1 Å². The molecule has 112 valence electrons.